The van der Waals surface area contributed by atoms with Crippen LogP contribution in [0.15, 0.2) is 30.3 Å². The molecule has 0 saturated heterocycles. The maximum Gasteiger partial charge on any atom is 0.259 e. The molecule has 0 aliphatic heterocycles. The smallest absolute Gasteiger partial charge is 0.259 e. The van der Waals surface area contributed by atoms with E-state index in [1.165, 1.54) is 21.3 Å². The van der Waals surface area contributed by atoms with Crippen LogP contribution in [0.4, 0.5) is 5.69 Å². The number of carbonyl (C=O) groups is 1. The molecular weight excluding hydrogens is 340 g/mol. The SMILES string of the molecule is COc1cc(OC)c(C(=O)Nc2ccc3nc(C)sc3c2)cc1OC. The Morgan fingerprint density at radius 2 is 1.68 bits per heavy atom. The number of hydrogen-bond donors (Lipinski definition) is 1. The number of fused-ring (bicyclic) bond motifs is 1. The van der Waals surface area contributed by atoms with Crippen molar-refractivity contribution in [1.82, 2.24) is 4.98 Å². The zero-order valence-electron chi connectivity index (χ0n) is 14.4. The Morgan fingerprint density at radius 1 is 1.00 bits per heavy atom. The molecule has 7 heteroatoms. The van der Waals surface area contributed by atoms with Gasteiger partial charge < -0.3 is 19.5 Å². The molecule has 0 spiro atoms. The molecule has 130 valence electrons. The number of aryl methyl sites for hydroxylation is 1. The Balaban J connectivity index is 1.93. The Labute approximate surface area is 149 Å². The standard InChI is InChI=1S/C18H18N2O4S/c1-10-19-13-6-5-11(7-17(13)25-10)20-18(21)12-8-15(23-3)16(24-4)9-14(12)22-2/h5-9H,1-4H3,(H,20,21). The van der Waals surface area contributed by atoms with E-state index in [0.29, 0.717) is 28.5 Å². The summed E-state index contributed by atoms with van der Waals surface area (Å²) in [6.45, 7) is 1.96. The number of rotatable bonds is 5. The summed E-state index contributed by atoms with van der Waals surface area (Å²) in [5.41, 5.74) is 1.97. The van der Waals surface area contributed by atoms with Crippen LogP contribution < -0.4 is 19.5 Å². The molecule has 0 bridgehead atoms. The number of nitrogens with zero attached hydrogens (tertiary/aromatic N) is 1. The zero-order valence-corrected chi connectivity index (χ0v) is 15.2. The molecule has 0 fully saturated rings. The van der Waals surface area contributed by atoms with Crippen molar-refractivity contribution in [2.24, 2.45) is 0 Å². The highest BCUT2D eigenvalue weighted by atomic mass is 32.1. The molecule has 1 amide bonds. The first kappa shape index (κ1) is 17.0. The van der Waals surface area contributed by atoms with Crippen LogP contribution in [0.25, 0.3) is 10.2 Å². The highest BCUT2D eigenvalue weighted by molar-refractivity contribution is 7.18. The fourth-order valence-electron chi connectivity index (χ4n) is 2.52. The Morgan fingerprint density at radius 3 is 2.36 bits per heavy atom. The summed E-state index contributed by atoms with van der Waals surface area (Å²) in [6, 6.07) is 8.85. The van der Waals surface area contributed by atoms with Gasteiger partial charge in [0.25, 0.3) is 5.91 Å². The van der Waals surface area contributed by atoms with Gasteiger partial charge in [0.1, 0.15) is 5.75 Å². The monoisotopic (exact) mass is 358 g/mol. The topological polar surface area (TPSA) is 69.7 Å². The normalized spacial score (nSPS) is 10.6. The summed E-state index contributed by atoms with van der Waals surface area (Å²) < 4.78 is 16.8. The minimum absolute atomic E-state index is 0.293. The van der Waals surface area contributed by atoms with Crippen LogP contribution in [0.2, 0.25) is 0 Å². The average Bonchev–Trinajstić information content (AvgIpc) is 2.99. The van der Waals surface area contributed by atoms with Crippen molar-refractivity contribution in [3.63, 3.8) is 0 Å². The lowest BCUT2D eigenvalue weighted by Gasteiger charge is -2.14. The van der Waals surface area contributed by atoms with E-state index in [1.807, 2.05) is 25.1 Å². The minimum atomic E-state index is -0.293. The lowest BCUT2D eigenvalue weighted by atomic mass is 10.1. The quantitative estimate of drug-likeness (QED) is 0.749. The van der Waals surface area contributed by atoms with Gasteiger partial charge in [-0.15, -0.1) is 11.3 Å². The maximum atomic E-state index is 12.7. The van der Waals surface area contributed by atoms with E-state index in [-0.39, 0.29) is 5.91 Å². The van der Waals surface area contributed by atoms with Crippen molar-refractivity contribution in [2.45, 2.75) is 6.92 Å². The summed E-state index contributed by atoms with van der Waals surface area (Å²) in [4.78, 5) is 17.1. The first-order chi connectivity index (χ1) is 12.0. The number of anilines is 1. The number of thiazole rings is 1. The second-order valence-electron chi connectivity index (χ2n) is 5.28. The van der Waals surface area contributed by atoms with Crippen molar-refractivity contribution >= 4 is 33.1 Å². The third-order valence-electron chi connectivity index (χ3n) is 3.70. The molecule has 0 unspecified atom stereocenters. The first-order valence-electron chi connectivity index (χ1n) is 7.54. The van der Waals surface area contributed by atoms with E-state index >= 15 is 0 Å². The summed E-state index contributed by atoms with van der Waals surface area (Å²) in [6.07, 6.45) is 0. The van der Waals surface area contributed by atoms with Crippen LogP contribution in [0.3, 0.4) is 0 Å². The Kier molecular flexibility index (Phi) is 4.76. The predicted octanol–water partition coefficient (Wildman–Crippen LogP) is 3.88. The van der Waals surface area contributed by atoms with Gasteiger partial charge >= 0.3 is 0 Å². The fraction of sp³-hybridized carbons (Fsp3) is 0.222. The largest absolute Gasteiger partial charge is 0.496 e. The van der Waals surface area contributed by atoms with E-state index < -0.39 is 0 Å². The zero-order chi connectivity index (χ0) is 18.0. The number of nitrogens with one attached hydrogen (secondary N) is 1. The second kappa shape index (κ2) is 6.98. The summed E-state index contributed by atoms with van der Waals surface area (Å²) in [7, 11) is 4.56. The van der Waals surface area contributed by atoms with Gasteiger partial charge in [-0.05, 0) is 25.1 Å². The van der Waals surface area contributed by atoms with E-state index in [2.05, 4.69) is 10.3 Å². The van der Waals surface area contributed by atoms with Gasteiger partial charge in [-0.25, -0.2) is 4.98 Å². The highest BCUT2D eigenvalue weighted by Gasteiger charge is 2.18. The molecule has 6 nitrogen and oxygen atoms in total. The molecule has 3 rings (SSSR count). The van der Waals surface area contributed by atoms with Crippen LogP contribution in [0.5, 0.6) is 17.2 Å². The van der Waals surface area contributed by atoms with Crippen LogP contribution in [0, 0.1) is 6.92 Å². The van der Waals surface area contributed by atoms with Crippen LogP contribution in [-0.4, -0.2) is 32.2 Å². The lowest BCUT2D eigenvalue weighted by molar-refractivity contribution is 0.102. The van der Waals surface area contributed by atoms with Crippen LogP contribution in [0.1, 0.15) is 15.4 Å². The van der Waals surface area contributed by atoms with Gasteiger partial charge in [-0.3, -0.25) is 4.79 Å². The number of amides is 1. The maximum absolute atomic E-state index is 12.7. The molecule has 0 atom stereocenters. The summed E-state index contributed by atoms with van der Waals surface area (Å²) in [5, 5.41) is 3.87. The predicted molar refractivity (Wildman–Crippen MR) is 98.4 cm³/mol. The molecular formula is C18H18N2O4S. The molecule has 3 aromatic rings. The number of ether oxygens (including phenoxy) is 3. The lowest BCUT2D eigenvalue weighted by Crippen LogP contribution is -2.13. The molecule has 25 heavy (non-hydrogen) atoms. The molecule has 1 N–H and O–H groups in total. The van der Waals surface area contributed by atoms with E-state index in [4.69, 9.17) is 14.2 Å². The Bertz CT molecular complexity index is 936. The third-order valence-corrected chi connectivity index (χ3v) is 4.64. The van der Waals surface area contributed by atoms with Crippen LogP contribution in [-0.2, 0) is 0 Å². The van der Waals surface area contributed by atoms with Crippen molar-refractivity contribution in [2.75, 3.05) is 26.6 Å². The molecule has 0 saturated carbocycles. The molecule has 2 aromatic carbocycles. The summed E-state index contributed by atoms with van der Waals surface area (Å²) in [5.74, 6) is 1.07. The van der Waals surface area contributed by atoms with E-state index in [9.17, 15) is 4.79 Å². The van der Waals surface area contributed by atoms with Crippen molar-refractivity contribution in [3.8, 4) is 17.2 Å². The number of hydrogen-bond acceptors (Lipinski definition) is 6. The number of aromatic nitrogens is 1. The van der Waals surface area contributed by atoms with Crippen molar-refractivity contribution in [1.29, 1.82) is 0 Å². The van der Waals surface area contributed by atoms with Crippen molar-refractivity contribution < 1.29 is 19.0 Å². The van der Waals surface area contributed by atoms with Gasteiger partial charge in [0.2, 0.25) is 0 Å². The fourth-order valence-corrected chi connectivity index (χ4v) is 3.39. The molecule has 0 aliphatic rings. The third kappa shape index (κ3) is 3.36. The number of benzene rings is 2. The Hall–Kier alpha value is -2.80. The minimum Gasteiger partial charge on any atom is -0.496 e. The van der Waals surface area contributed by atoms with Gasteiger partial charge in [-0.1, -0.05) is 0 Å². The second-order valence-corrected chi connectivity index (χ2v) is 6.51. The molecule has 1 aromatic heterocycles. The van der Waals surface area contributed by atoms with Gasteiger partial charge in [0.05, 0.1) is 42.1 Å². The van der Waals surface area contributed by atoms with E-state index in [0.717, 1.165) is 15.2 Å². The van der Waals surface area contributed by atoms with Gasteiger partial charge in [0, 0.05) is 17.8 Å². The number of methoxy groups -OCH3 is 3. The van der Waals surface area contributed by atoms with Crippen LogP contribution >= 0.6 is 11.3 Å². The molecule has 0 aliphatic carbocycles. The summed E-state index contributed by atoms with van der Waals surface area (Å²) >= 11 is 1.58. The average molecular weight is 358 g/mol. The highest BCUT2D eigenvalue weighted by Crippen LogP contribution is 2.35. The van der Waals surface area contributed by atoms with Gasteiger partial charge in [0.15, 0.2) is 11.5 Å². The van der Waals surface area contributed by atoms with Crippen molar-refractivity contribution in [3.05, 3.63) is 40.9 Å². The molecule has 1 heterocycles. The van der Waals surface area contributed by atoms with Gasteiger partial charge in [-0.2, -0.15) is 0 Å². The first-order valence-corrected chi connectivity index (χ1v) is 8.36. The van der Waals surface area contributed by atoms with E-state index in [1.54, 1.807) is 23.5 Å². The molecule has 0 radical (unpaired) electrons. The number of carbonyl (C=O) groups excluding carboxylic acids is 1.